The van der Waals surface area contributed by atoms with Gasteiger partial charge in [0.25, 0.3) is 0 Å². The number of carbonyl (C=O) groups is 1. The van der Waals surface area contributed by atoms with Crippen LogP contribution in [0.5, 0.6) is 0 Å². The zero-order chi connectivity index (χ0) is 8.81. The summed E-state index contributed by atoms with van der Waals surface area (Å²) in [4.78, 5) is 10.4. The molecular formula is C10H13NO2. The summed E-state index contributed by atoms with van der Waals surface area (Å²) in [7, 11) is 0. The molecule has 0 atom stereocenters. The monoisotopic (exact) mass is 179 g/mol. The molecule has 0 bridgehead atoms. The van der Waals surface area contributed by atoms with Crippen LogP contribution in [0.15, 0.2) is 36.6 Å². The number of esters is 1. The van der Waals surface area contributed by atoms with Gasteiger partial charge in [-0.3, -0.25) is 4.79 Å². The van der Waals surface area contributed by atoms with E-state index < -0.39 is 0 Å². The summed E-state index contributed by atoms with van der Waals surface area (Å²) in [5.74, 6) is -0.304. The van der Waals surface area contributed by atoms with Crippen LogP contribution in [0.2, 0.25) is 0 Å². The van der Waals surface area contributed by atoms with E-state index in [1.54, 1.807) is 6.08 Å². The lowest BCUT2D eigenvalue weighted by Gasteiger charge is -1.91. The smallest absolute Gasteiger partial charge is 0.307 e. The van der Waals surface area contributed by atoms with Crippen LogP contribution in [0.1, 0.15) is 12.5 Å². The first-order valence-corrected chi connectivity index (χ1v) is 3.68. The zero-order valence-corrected chi connectivity index (χ0v) is 7.57. The normalized spacial score (nSPS) is 9.31. The highest BCUT2D eigenvalue weighted by molar-refractivity contribution is 5.67. The Morgan fingerprint density at radius 1 is 1.31 bits per heavy atom. The molecule has 0 aromatic heterocycles. The van der Waals surface area contributed by atoms with Crippen LogP contribution < -0.4 is 6.15 Å². The van der Waals surface area contributed by atoms with Gasteiger partial charge in [-0.05, 0) is 11.6 Å². The Bertz CT molecular complexity index is 280. The number of benzene rings is 1. The van der Waals surface area contributed by atoms with E-state index in [1.165, 1.54) is 13.2 Å². The first-order valence-electron chi connectivity index (χ1n) is 3.68. The van der Waals surface area contributed by atoms with Crippen molar-refractivity contribution < 1.29 is 9.53 Å². The number of ether oxygens (including phenoxy) is 1. The third-order valence-electron chi connectivity index (χ3n) is 1.29. The molecule has 0 unspecified atom stereocenters. The van der Waals surface area contributed by atoms with Crippen LogP contribution in [0, 0.1) is 0 Å². The molecule has 3 nitrogen and oxygen atoms in total. The highest BCUT2D eigenvalue weighted by Crippen LogP contribution is 2.00. The molecule has 70 valence electrons. The average Bonchev–Trinajstić information content (AvgIpc) is 2.05. The van der Waals surface area contributed by atoms with E-state index in [0.717, 1.165) is 5.56 Å². The Morgan fingerprint density at radius 2 is 1.92 bits per heavy atom. The number of hydrogen-bond donors (Lipinski definition) is 1. The number of carbonyl (C=O) groups excluding carboxylic acids is 1. The van der Waals surface area contributed by atoms with Gasteiger partial charge in [-0.2, -0.15) is 0 Å². The molecule has 0 aliphatic rings. The predicted octanol–water partition coefficient (Wildman–Crippen LogP) is 2.38. The Kier molecular flexibility index (Phi) is 5.23. The summed E-state index contributed by atoms with van der Waals surface area (Å²) in [6, 6.07) is 9.64. The topological polar surface area (TPSA) is 61.3 Å². The number of rotatable bonds is 2. The van der Waals surface area contributed by atoms with E-state index in [-0.39, 0.29) is 12.1 Å². The fourth-order valence-corrected chi connectivity index (χ4v) is 0.773. The SMILES string of the molecule is CC(=O)OC=Cc1ccccc1.N. The summed E-state index contributed by atoms with van der Waals surface area (Å²) in [5.41, 5.74) is 1.01. The fourth-order valence-electron chi connectivity index (χ4n) is 0.773. The van der Waals surface area contributed by atoms with Crippen LogP contribution in [0.3, 0.4) is 0 Å². The van der Waals surface area contributed by atoms with Crippen LogP contribution in [-0.2, 0) is 9.53 Å². The standard InChI is InChI=1S/C10H10O2.H3N/c1-9(11)12-8-7-10-5-3-2-4-6-10;/h2-8H,1H3;1H3. The Labute approximate surface area is 77.6 Å². The van der Waals surface area contributed by atoms with Crippen LogP contribution >= 0.6 is 0 Å². The molecule has 0 saturated heterocycles. The molecule has 1 aromatic carbocycles. The Morgan fingerprint density at radius 3 is 2.46 bits per heavy atom. The van der Waals surface area contributed by atoms with E-state index in [0.29, 0.717) is 0 Å². The second-order valence-corrected chi connectivity index (χ2v) is 2.32. The van der Waals surface area contributed by atoms with Gasteiger partial charge in [-0.25, -0.2) is 0 Å². The lowest BCUT2D eigenvalue weighted by atomic mass is 10.2. The van der Waals surface area contributed by atoms with Gasteiger partial charge in [0.05, 0.1) is 6.26 Å². The average molecular weight is 179 g/mol. The van der Waals surface area contributed by atoms with Crippen molar-refractivity contribution in [1.82, 2.24) is 6.15 Å². The highest BCUT2D eigenvalue weighted by Gasteiger charge is 1.85. The van der Waals surface area contributed by atoms with Crippen molar-refractivity contribution in [3.05, 3.63) is 42.2 Å². The van der Waals surface area contributed by atoms with E-state index >= 15 is 0 Å². The lowest BCUT2D eigenvalue weighted by Crippen LogP contribution is -1.88. The molecule has 0 radical (unpaired) electrons. The Hall–Kier alpha value is -1.61. The molecule has 0 saturated carbocycles. The van der Waals surface area contributed by atoms with Crippen molar-refractivity contribution in [3.63, 3.8) is 0 Å². The molecule has 3 N–H and O–H groups in total. The fraction of sp³-hybridized carbons (Fsp3) is 0.100. The predicted molar refractivity (Wildman–Crippen MR) is 52.3 cm³/mol. The second kappa shape index (κ2) is 5.97. The van der Waals surface area contributed by atoms with Gasteiger partial charge < -0.3 is 10.9 Å². The maximum atomic E-state index is 10.4. The third-order valence-corrected chi connectivity index (χ3v) is 1.29. The molecule has 1 rings (SSSR count). The van der Waals surface area contributed by atoms with Crippen molar-refractivity contribution in [2.45, 2.75) is 6.92 Å². The van der Waals surface area contributed by atoms with Crippen molar-refractivity contribution >= 4 is 12.0 Å². The molecule has 0 spiro atoms. The van der Waals surface area contributed by atoms with Crippen LogP contribution in [-0.4, -0.2) is 5.97 Å². The van der Waals surface area contributed by atoms with Gasteiger partial charge in [-0.1, -0.05) is 30.3 Å². The molecule has 0 heterocycles. The molecule has 0 aliphatic heterocycles. The van der Waals surface area contributed by atoms with Gasteiger partial charge >= 0.3 is 5.97 Å². The first kappa shape index (κ1) is 11.4. The summed E-state index contributed by atoms with van der Waals surface area (Å²) in [6.45, 7) is 1.37. The molecule has 0 aliphatic carbocycles. The summed E-state index contributed by atoms with van der Waals surface area (Å²) in [5, 5.41) is 0. The van der Waals surface area contributed by atoms with E-state index in [1.807, 2.05) is 30.3 Å². The Balaban J connectivity index is 0.00000144. The van der Waals surface area contributed by atoms with Crippen LogP contribution in [0.4, 0.5) is 0 Å². The minimum atomic E-state index is -0.304. The number of hydrogen-bond acceptors (Lipinski definition) is 3. The summed E-state index contributed by atoms with van der Waals surface area (Å²) >= 11 is 0. The van der Waals surface area contributed by atoms with Crippen molar-refractivity contribution in [2.24, 2.45) is 0 Å². The summed E-state index contributed by atoms with van der Waals surface area (Å²) in [6.07, 6.45) is 3.12. The minimum Gasteiger partial charge on any atom is -0.435 e. The maximum Gasteiger partial charge on any atom is 0.307 e. The van der Waals surface area contributed by atoms with Gasteiger partial charge in [0.2, 0.25) is 0 Å². The quantitative estimate of drug-likeness (QED) is 0.560. The molecule has 1 aromatic rings. The van der Waals surface area contributed by atoms with Gasteiger partial charge in [0.1, 0.15) is 0 Å². The zero-order valence-electron chi connectivity index (χ0n) is 7.57. The van der Waals surface area contributed by atoms with Crippen molar-refractivity contribution in [2.75, 3.05) is 0 Å². The van der Waals surface area contributed by atoms with Crippen molar-refractivity contribution in [1.29, 1.82) is 0 Å². The minimum absolute atomic E-state index is 0. The van der Waals surface area contributed by atoms with Gasteiger partial charge in [0, 0.05) is 6.92 Å². The molecule has 3 heteroatoms. The van der Waals surface area contributed by atoms with Gasteiger partial charge in [0.15, 0.2) is 0 Å². The first-order chi connectivity index (χ1) is 5.79. The summed E-state index contributed by atoms with van der Waals surface area (Å²) < 4.78 is 4.63. The molecule has 13 heavy (non-hydrogen) atoms. The van der Waals surface area contributed by atoms with E-state index in [9.17, 15) is 4.79 Å². The lowest BCUT2D eigenvalue weighted by molar-refractivity contribution is -0.135. The van der Waals surface area contributed by atoms with E-state index in [2.05, 4.69) is 4.74 Å². The second-order valence-electron chi connectivity index (χ2n) is 2.32. The molecular weight excluding hydrogens is 166 g/mol. The maximum absolute atomic E-state index is 10.4. The van der Waals surface area contributed by atoms with E-state index in [4.69, 9.17) is 0 Å². The highest BCUT2D eigenvalue weighted by atomic mass is 16.5. The molecule has 0 fully saturated rings. The van der Waals surface area contributed by atoms with Crippen LogP contribution in [0.25, 0.3) is 6.08 Å². The van der Waals surface area contributed by atoms with Crippen molar-refractivity contribution in [3.8, 4) is 0 Å². The largest absolute Gasteiger partial charge is 0.435 e. The molecule has 0 amide bonds. The third kappa shape index (κ3) is 4.76. The van der Waals surface area contributed by atoms with Gasteiger partial charge in [-0.15, -0.1) is 0 Å².